The lowest BCUT2D eigenvalue weighted by atomic mass is 9.84. The first kappa shape index (κ1) is 25.4. The number of pyridine rings is 1. The molecular formula is C26H31NO7. The molecule has 1 aliphatic carbocycles. The molecule has 0 saturated heterocycles. The average molecular weight is 470 g/mol. The highest BCUT2D eigenvalue weighted by Crippen LogP contribution is 2.45. The van der Waals surface area contributed by atoms with Crippen LogP contribution < -0.4 is 0 Å². The van der Waals surface area contributed by atoms with Gasteiger partial charge in [-0.25, -0.2) is 9.78 Å². The van der Waals surface area contributed by atoms with Crippen molar-refractivity contribution in [1.29, 1.82) is 0 Å². The third-order valence-corrected chi connectivity index (χ3v) is 6.01. The number of nitrogens with zero attached hydrogens (tertiary/aromatic N) is 1. The summed E-state index contributed by atoms with van der Waals surface area (Å²) in [5.74, 6) is -1.84. The molecule has 0 bridgehead atoms. The van der Waals surface area contributed by atoms with E-state index >= 15 is 0 Å². The van der Waals surface area contributed by atoms with Gasteiger partial charge in [-0.15, -0.1) is 0 Å². The van der Waals surface area contributed by atoms with E-state index in [1.807, 2.05) is 24.3 Å². The fourth-order valence-corrected chi connectivity index (χ4v) is 4.44. The minimum atomic E-state index is -1.54. The monoisotopic (exact) mass is 469 g/mol. The number of fused-ring (bicyclic) bond motifs is 1. The number of methoxy groups -OCH3 is 1. The Morgan fingerprint density at radius 3 is 2.09 bits per heavy atom. The maximum atomic E-state index is 13.1. The lowest BCUT2D eigenvalue weighted by Gasteiger charge is -2.24. The van der Waals surface area contributed by atoms with Crippen LogP contribution in [0.25, 0.3) is 11.3 Å². The molecule has 182 valence electrons. The average Bonchev–Trinajstić information content (AvgIpc) is 3.24. The summed E-state index contributed by atoms with van der Waals surface area (Å²) in [6.45, 7) is 7.65. The number of aromatic nitrogens is 1. The van der Waals surface area contributed by atoms with E-state index in [0.717, 1.165) is 16.7 Å². The van der Waals surface area contributed by atoms with Crippen molar-refractivity contribution in [3.63, 3.8) is 0 Å². The smallest absolute Gasteiger partial charge is 0.357 e. The maximum absolute atomic E-state index is 13.1. The van der Waals surface area contributed by atoms with Crippen molar-refractivity contribution in [3.8, 4) is 11.3 Å². The highest BCUT2D eigenvalue weighted by atomic mass is 16.6. The lowest BCUT2D eigenvalue weighted by molar-refractivity contribution is -0.171. The Balaban J connectivity index is 2.28. The van der Waals surface area contributed by atoms with Crippen molar-refractivity contribution in [2.24, 2.45) is 5.41 Å². The second-order valence-corrected chi connectivity index (χ2v) is 8.08. The van der Waals surface area contributed by atoms with E-state index in [-0.39, 0.29) is 38.4 Å². The molecule has 0 unspecified atom stereocenters. The first-order valence-electron chi connectivity index (χ1n) is 11.5. The SMILES string of the molecule is CCOC(=O)c1nc(-c2ccccc2COC)c2c(c1C)CC(C(=O)OCC)(C(=O)OCC)C2. The third kappa shape index (κ3) is 4.55. The molecule has 8 heteroatoms. The fourth-order valence-electron chi connectivity index (χ4n) is 4.44. The molecule has 0 saturated carbocycles. The van der Waals surface area contributed by atoms with Gasteiger partial charge in [0, 0.05) is 25.5 Å². The second-order valence-electron chi connectivity index (χ2n) is 8.08. The van der Waals surface area contributed by atoms with Crippen LogP contribution in [-0.4, -0.2) is 49.8 Å². The van der Waals surface area contributed by atoms with E-state index in [0.29, 0.717) is 23.4 Å². The summed E-state index contributed by atoms with van der Waals surface area (Å²) < 4.78 is 21.3. The van der Waals surface area contributed by atoms with E-state index in [1.54, 1.807) is 34.8 Å². The highest BCUT2D eigenvalue weighted by Gasteiger charge is 2.54. The van der Waals surface area contributed by atoms with Gasteiger partial charge in [-0.3, -0.25) is 9.59 Å². The van der Waals surface area contributed by atoms with Crippen LogP contribution >= 0.6 is 0 Å². The summed E-state index contributed by atoms with van der Waals surface area (Å²) in [6, 6.07) is 7.55. The van der Waals surface area contributed by atoms with Crippen LogP contribution in [-0.2, 0) is 48.0 Å². The summed E-state index contributed by atoms with van der Waals surface area (Å²) in [4.78, 5) is 43.8. The van der Waals surface area contributed by atoms with Gasteiger partial charge in [0.15, 0.2) is 11.1 Å². The summed E-state index contributed by atoms with van der Waals surface area (Å²) in [7, 11) is 1.60. The Bertz CT molecular complexity index is 1070. The van der Waals surface area contributed by atoms with E-state index in [9.17, 15) is 14.4 Å². The Kier molecular flexibility index (Phi) is 8.04. The van der Waals surface area contributed by atoms with Crippen molar-refractivity contribution in [1.82, 2.24) is 4.98 Å². The molecule has 3 rings (SSSR count). The molecule has 1 aromatic heterocycles. The lowest BCUT2D eigenvalue weighted by Crippen LogP contribution is -2.43. The first-order chi connectivity index (χ1) is 16.3. The molecule has 34 heavy (non-hydrogen) atoms. The van der Waals surface area contributed by atoms with Crippen molar-refractivity contribution >= 4 is 17.9 Å². The second kappa shape index (κ2) is 10.8. The number of carbonyl (C=O) groups is 3. The summed E-state index contributed by atoms with van der Waals surface area (Å²) >= 11 is 0. The van der Waals surface area contributed by atoms with E-state index in [1.165, 1.54) is 0 Å². The molecule has 1 aliphatic rings. The van der Waals surface area contributed by atoms with Gasteiger partial charge in [-0.2, -0.15) is 0 Å². The van der Waals surface area contributed by atoms with Crippen molar-refractivity contribution in [2.45, 2.75) is 47.1 Å². The number of esters is 3. The van der Waals surface area contributed by atoms with E-state index in [2.05, 4.69) is 0 Å². The zero-order valence-electron chi connectivity index (χ0n) is 20.4. The molecule has 0 amide bonds. The Labute approximate surface area is 199 Å². The largest absolute Gasteiger partial charge is 0.465 e. The standard InChI is InChI=1S/C26H31NO7/c1-6-32-23(28)21-16(4)19-13-26(24(29)33-7-2,25(30)34-8-3)14-20(19)22(27-21)18-12-10-9-11-17(18)15-31-5/h9-12H,6-8,13-15H2,1-5H3. The summed E-state index contributed by atoms with van der Waals surface area (Å²) in [6.07, 6.45) is 0.119. The molecular weight excluding hydrogens is 438 g/mol. The van der Waals surface area contributed by atoms with Crippen LogP contribution in [0.3, 0.4) is 0 Å². The van der Waals surface area contributed by atoms with Gasteiger partial charge in [-0.05, 0) is 49.9 Å². The van der Waals surface area contributed by atoms with Crippen molar-refractivity contribution in [3.05, 3.63) is 52.2 Å². The van der Waals surface area contributed by atoms with Crippen LogP contribution in [0.4, 0.5) is 0 Å². The Morgan fingerprint density at radius 2 is 1.50 bits per heavy atom. The molecule has 0 radical (unpaired) electrons. The number of carbonyl (C=O) groups excluding carboxylic acids is 3. The normalized spacial score (nSPS) is 13.8. The van der Waals surface area contributed by atoms with Crippen LogP contribution in [0.1, 0.15) is 53.5 Å². The predicted octanol–water partition coefficient (Wildman–Crippen LogP) is 3.59. The van der Waals surface area contributed by atoms with Crippen molar-refractivity contribution < 1.29 is 33.3 Å². The molecule has 0 N–H and O–H groups in total. The maximum Gasteiger partial charge on any atom is 0.357 e. The third-order valence-electron chi connectivity index (χ3n) is 6.01. The van der Waals surface area contributed by atoms with Gasteiger partial charge in [0.2, 0.25) is 0 Å². The van der Waals surface area contributed by atoms with Crippen molar-refractivity contribution in [2.75, 3.05) is 26.9 Å². The molecule has 2 aromatic rings. The van der Waals surface area contributed by atoms with E-state index in [4.69, 9.17) is 23.9 Å². The minimum absolute atomic E-state index is 0.0558. The van der Waals surface area contributed by atoms with Gasteiger partial charge in [0.1, 0.15) is 0 Å². The molecule has 0 atom stereocenters. The number of rotatable bonds is 9. The molecule has 0 fully saturated rings. The number of benzene rings is 1. The summed E-state index contributed by atoms with van der Waals surface area (Å²) in [5, 5.41) is 0. The van der Waals surface area contributed by atoms with Gasteiger partial charge < -0.3 is 18.9 Å². The zero-order chi connectivity index (χ0) is 24.9. The van der Waals surface area contributed by atoms with Crippen LogP contribution in [0.15, 0.2) is 24.3 Å². The molecule has 0 aliphatic heterocycles. The fraction of sp³-hybridized carbons (Fsp3) is 0.462. The van der Waals surface area contributed by atoms with Crippen LogP contribution in [0.5, 0.6) is 0 Å². The number of ether oxygens (including phenoxy) is 4. The van der Waals surface area contributed by atoms with Crippen LogP contribution in [0, 0.1) is 12.3 Å². The van der Waals surface area contributed by atoms with Gasteiger partial charge in [-0.1, -0.05) is 24.3 Å². The van der Waals surface area contributed by atoms with Gasteiger partial charge in [0.05, 0.1) is 32.1 Å². The predicted molar refractivity (Wildman–Crippen MR) is 124 cm³/mol. The zero-order valence-corrected chi connectivity index (χ0v) is 20.4. The minimum Gasteiger partial charge on any atom is -0.465 e. The number of hydrogen-bond donors (Lipinski definition) is 0. The Morgan fingerprint density at radius 1 is 0.912 bits per heavy atom. The molecule has 1 heterocycles. The molecule has 8 nitrogen and oxygen atoms in total. The van der Waals surface area contributed by atoms with Gasteiger partial charge in [0.25, 0.3) is 0 Å². The van der Waals surface area contributed by atoms with Gasteiger partial charge >= 0.3 is 17.9 Å². The molecule has 1 aromatic carbocycles. The topological polar surface area (TPSA) is 101 Å². The quantitative estimate of drug-likeness (QED) is 0.312. The summed E-state index contributed by atoms with van der Waals surface area (Å²) in [5.41, 5.74) is 2.77. The van der Waals surface area contributed by atoms with E-state index < -0.39 is 23.3 Å². The Hall–Kier alpha value is -3.26. The highest BCUT2D eigenvalue weighted by molar-refractivity contribution is 6.02. The first-order valence-corrected chi connectivity index (χ1v) is 11.5. The number of hydrogen-bond acceptors (Lipinski definition) is 8. The molecule has 0 spiro atoms. The van der Waals surface area contributed by atoms with Crippen LogP contribution in [0.2, 0.25) is 0 Å².